The fourth-order valence-electron chi connectivity index (χ4n) is 2.57. The van der Waals surface area contributed by atoms with E-state index in [9.17, 15) is 4.79 Å². The molecule has 1 saturated heterocycles. The Bertz CT molecular complexity index is 900. The minimum atomic E-state index is -0.170. The molecule has 1 amide bonds. The highest BCUT2D eigenvalue weighted by atomic mass is 35.5. The normalized spacial score (nSPS) is 17.8. The van der Waals surface area contributed by atoms with E-state index in [0.29, 0.717) is 31.8 Å². The fraction of sp³-hybridized carbons (Fsp3) is 0.222. The molecule has 1 aliphatic rings. The maximum absolute atomic E-state index is 12.2. The van der Waals surface area contributed by atoms with Gasteiger partial charge in [-0.25, -0.2) is 4.99 Å². The predicted molar refractivity (Wildman–Crippen MR) is 107 cm³/mol. The van der Waals surface area contributed by atoms with Crippen molar-refractivity contribution in [3.63, 3.8) is 0 Å². The number of thioether (sulfide) groups is 1. The molecule has 2 aromatic rings. The van der Waals surface area contributed by atoms with Crippen molar-refractivity contribution >= 4 is 57.8 Å². The lowest BCUT2D eigenvalue weighted by Crippen LogP contribution is -2.19. The first kappa shape index (κ1) is 18.1. The number of amidine groups is 1. The number of benzene rings is 1. The van der Waals surface area contributed by atoms with E-state index in [-0.39, 0.29) is 5.91 Å². The molecule has 3 rings (SSSR count). The van der Waals surface area contributed by atoms with E-state index >= 15 is 0 Å². The summed E-state index contributed by atoms with van der Waals surface area (Å²) in [6, 6.07) is 7.65. The molecular formula is C18H17Cl2N3OS. The Kier molecular flexibility index (Phi) is 5.27. The first-order valence-corrected chi connectivity index (χ1v) is 9.34. The SMILES string of the molecule is Cc1cc(/C=C2/SC(=Nc3cccc(Cl)c3Cl)NC2=O)cn1C(C)C. The molecule has 7 heteroatoms. The van der Waals surface area contributed by atoms with Gasteiger partial charge >= 0.3 is 0 Å². The molecule has 1 fully saturated rings. The van der Waals surface area contributed by atoms with Gasteiger partial charge in [-0.1, -0.05) is 29.3 Å². The number of aromatic nitrogens is 1. The zero-order valence-corrected chi connectivity index (χ0v) is 16.3. The van der Waals surface area contributed by atoms with Crippen LogP contribution in [0.3, 0.4) is 0 Å². The number of halogens is 2. The van der Waals surface area contributed by atoms with Gasteiger partial charge < -0.3 is 9.88 Å². The molecule has 130 valence electrons. The third-order valence-electron chi connectivity index (χ3n) is 3.73. The highest BCUT2D eigenvalue weighted by molar-refractivity contribution is 8.18. The number of aliphatic imine (C=N–C) groups is 1. The van der Waals surface area contributed by atoms with Gasteiger partial charge in [0.1, 0.15) is 0 Å². The Balaban J connectivity index is 1.86. The van der Waals surface area contributed by atoms with Gasteiger partial charge in [0.05, 0.1) is 20.6 Å². The van der Waals surface area contributed by atoms with Crippen LogP contribution in [0.4, 0.5) is 5.69 Å². The second kappa shape index (κ2) is 7.28. The van der Waals surface area contributed by atoms with Crippen LogP contribution in [0.2, 0.25) is 10.0 Å². The number of hydrogen-bond donors (Lipinski definition) is 1. The highest BCUT2D eigenvalue weighted by Gasteiger charge is 2.24. The van der Waals surface area contributed by atoms with Gasteiger partial charge in [0.2, 0.25) is 0 Å². The molecular weight excluding hydrogens is 377 g/mol. The minimum Gasteiger partial charge on any atom is -0.349 e. The number of nitrogens with one attached hydrogen (secondary N) is 1. The molecule has 0 atom stereocenters. The van der Waals surface area contributed by atoms with Gasteiger partial charge in [0, 0.05) is 17.9 Å². The summed E-state index contributed by atoms with van der Waals surface area (Å²) in [4.78, 5) is 17.2. The lowest BCUT2D eigenvalue weighted by atomic mass is 10.3. The summed E-state index contributed by atoms with van der Waals surface area (Å²) >= 11 is 13.4. The van der Waals surface area contributed by atoms with Crippen LogP contribution in [-0.4, -0.2) is 15.6 Å². The lowest BCUT2D eigenvalue weighted by Gasteiger charge is -2.08. The standard InChI is InChI=1S/C18H17Cl2N3OS/c1-10(2)23-9-12(7-11(23)3)8-15-17(24)22-18(25-15)21-14-6-4-5-13(19)16(14)20/h4-10H,1-3H3,(H,21,22,24)/b15-8+. The number of amides is 1. The van der Waals surface area contributed by atoms with Crippen LogP contribution in [-0.2, 0) is 4.79 Å². The molecule has 1 N–H and O–H groups in total. The molecule has 0 bridgehead atoms. The summed E-state index contributed by atoms with van der Waals surface area (Å²) in [6.45, 7) is 6.30. The van der Waals surface area contributed by atoms with Gasteiger partial charge in [-0.2, -0.15) is 0 Å². The van der Waals surface area contributed by atoms with E-state index in [1.165, 1.54) is 11.8 Å². The molecule has 4 nitrogen and oxygen atoms in total. The molecule has 0 aliphatic carbocycles. The van der Waals surface area contributed by atoms with E-state index in [1.807, 2.05) is 12.3 Å². The van der Waals surface area contributed by atoms with Crippen LogP contribution in [0.5, 0.6) is 0 Å². The van der Waals surface area contributed by atoms with Gasteiger partial charge in [0.15, 0.2) is 5.17 Å². The molecule has 1 aliphatic heterocycles. The van der Waals surface area contributed by atoms with E-state index in [2.05, 4.69) is 41.7 Å². The monoisotopic (exact) mass is 393 g/mol. The van der Waals surface area contributed by atoms with Crippen molar-refractivity contribution in [2.24, 2.45) is 4.99 Å². The Hall–Kier alpha value is -1.69. The average molecular weight is 394 g/mol. The van der Waals surface area contributed by atoms with Crippen molar-refractivity contribution in [1.82, 2.24) is 9.88 Å². The van der Waals surface area contributed by atoms with Crippen molar-refractivity contribution < 1.29 is 4.79 Å². The maximum Gasteiger partial charge on any atom is 0.264 e. The van der Waals surface area contributed by atoms with Crippen LogP contribution < -0.4 is 5.32 Å². The number of aryl methyl sites for hydroxylation is 1. The zero-order valence-electron chi connectivity index (χ0n) is 14.0. The van der Waals surface area contributed by atoms with Gasteiger partial charge in [-0.15, -0.1) is 0 Å². The van der Waals surface area contributed by atoms with Crippen molar-refractivity contribution in [2.45, 2.75) is 26.8 Å². The number of carbonyl (C=O) groups is 1. The summed E-state index contributed by atoms with van der Waals surface area (Å²) in [5.74, 6) is -0.170. The number of hydrogen-bond acceptors (Lipinski definition) is 3. The summed E-state index contributed by atoms with van der Waals surface area (Å²) in [5, 5.41) is 4.05. The smallest absolute Gasteiger partial charge is 0.264 e. The van der Waals surface area contributed by atoms with E-state index < -0.39 is 0 Å². The van der Waals surface area contributed by atoms with Gasteiger partial charge in [-0.05, 0) is 62.4 Å². The third kappa shape index (κ3) is 3.94. The first-order valence-electron chi connectivity index (χ1n) is 7.77. The van der Waals surface area contributed by atoms with Crippen molar-refractivity contribution in [3.8, 4) is 0 Å². The Morgan fingerprint density at radius 3 is 2.76 bits per heavy atom. The van der Waals surface area contributed by atoms with Gasteiger partial charge in [0.25, 0.3) is 5.91 Å². The molecule has 2 heterocycles. The Labute approximate surface area is 160 Å². The number of rotatable bonds is 3. The molecule has 1 aromatic carbocycles. The van der Waals surface area contributed by atoms with Crippen LogP contribution >= 0.6 is 35.0 Å². The molecule has 0 unspecified atom stereocenters. The van der Waals surface area contributed by atoms with Crippen LogP contribution in [0.25, 0.3) is 6.08 Å². The zero-order chi connectivity index (χ0) is 18.1. The largest absolute Gasteiger partial charge is 0.349 e. The van der Waals surface area contributed by atoms with E-state index in [0.717, 1.165) is 11.3 Å². The summed E-state index contributed by atoms with van der Waals surface area (Å²) in [7, 11) is 0. The first-order chi connectivity index (χ1) is 11.8. The molecule has 25 heavy (non-hydrogen) atoms. The van der Waals surface area contributed by atoms with E-state index in [1.54, 1.807) is 18.2 Å². The van der Waals surface area contributed by atoms with Crippen molar-refractivity contribution in [2.75, 3.05) is 0 Å². The maximum atomic E-state index is 12.2. The number of carbonyl (C=O) groups excluding carboxylic acids is 1. The van der Waals surface area contributed by atoms with Crippen molar-refractivity contribution in [1.29, 1.82) is 0 Å². The molecule has 0 radical (unpaired) electrons. The quantitative estimate of drug-likeness (QED) is 0.692. The number of nitrogens with zero attached hydrogens (tertiary/aromatic N) is 2. The summed E-state index contributed by atoms with van der Waals surface area (Å²) < 4.78 is 2.17. The molecule has 0 saturated carbocycles. The topological polar surface area (TPSA) is 46.4 Å². The molecule has 1 aromatic heterocycles. The third-order valence-corrected chi connectivity index (χ3v) is 5.45. The summed E-state index contributed by atoms with van der Waals surface area (Å²) in [5.41, 5.74) is 2.68. The van der Waals surface area contributed by atoms with Crippen LogP contribution in [0.15, 0.2) is 40.4 Å². The van der Waals surface area contributed by atoms with Crippen LogP contribution in [0.1, 0.15) is 31.1 Å². The minimum absolute atomic E-state index is 0.170. The highest BCUT2D eigenvalue weighted by Crippen LogP contribution is 2.34. The Morgan fingerprint density at radius 1 is 1.32 bits per heavy atom. The lowest BCUT2D eigenvalue weighted by molar-refractivity contribution is -0.115. The second-order valence-corrected chi connectivity index (χ2v) is 7.79. The van der Waals surface area contributed by atoms with Crippen LogP contribution in [0, 0.1) is 6.92 Å². The van der Waals surface area contributed by atoms with Gasteiger partial charge in [-0.3, -0.25) is 4.79 Å². The summed E-state index contributed by atoms with van der Waals surface area (Å²) in [6.07, 6.45) is 3.91. The average Bonchev–Trinajstić information content (AvgIpc) is 3.07. The fourth-order valence-corrected chi connectivity index (χ4v) is 3.74. The molecule has 0 spiro atoms. The Morgan fingerprint density at radius 2 is 2.08 bits per heavy atom. The van der Waals surface area contributed by atoms with E-state index in [4.69, 9.17) is 23.2 Å². The second-order valence-electron chi connectivity index (χ2n) is 5.97. The predicted octanol–water partition coefficient (Wildman–Crippen LogP) is 5.58. The van der Waals surface area contributed by atoms with Crippen molar-refractivity contribution in [3.05, 3.63) is 56.7 Å².